The number of nitrogens with one attached hydrogen (secondary N) is 1. The highest BCUT2D eigenvalue weighted by Gasteiger charge is 2.08. The summed E-state index contributed by atoms with van der Waals surface area (Å²) >= 11 is 0. The van der Waals surface area contributed by atoms with E-state index < -0.39 is 0 Å². The van der Waals surface area contributed by atoms with E-state index in [1.807, 2.05) is 0 Å². The van der Waals surface area contributed by atoms with Crippen molar-refractivity contribution in [3.05, 3.63) is 48.5 Å². The highest BCUT2D eigenvalue weighted by Crippen LogP contribution is 2.30. The van der Waals surface area contributed by atoms with Gasteiger partial charge < -0.3 is 21.7 Å². The maximum absolute atomic E-state index is 5.70. The Hall–Kier alpha value is -1.05. The molecule has 5 nitrogen and oxygen atoms in total. The third-order valence-electron chi connectivity index (χ3n) is 5.40. The molecule has 0 saturated heterocycles. The molecule has 0 aliphatic carbocycles. The molecule has 1 aromatic heterocycles. The number of fused-ring (bicyclic) bond motifs is 2. The zero-order valence-electron chi connectivity index (χ0n) is 19.1. The number of aromatic nitrogens is 1. The Bertz CT molecular complexity index is 843. The second kappa shape index (κ2) is 19.3. The minimum Gasteiger partial charge on any atom is -0.384 e. The molecule has 33 heavy (non-hydrogen) atoms. The van der Waals surface area contributed by atoms with Crippen LogP contribution in [0.1, 0.15) is 32.1 Å². The Balaban J connectivity index is 0. The average Bonchev–Trinajstić information content (AvgIpc) is 2.76. The van der Waals surface area contributed by atoms with Crippen molar-refractivity contribution in [3.8, 4) is 0 Å². The van der Waals surface area contributed by atoms with Crippen LogP contribution in [0.4, 0.5) is 5.69 Å². The first-order valence-electron chi connectivity index (χ1n) is 11.0. The number of unbranched alkanes of at least 4 members (excludes halogenated alkanes) is 2. The van der Waals surface area contributed by atoms with Crippen LogP contribution in [-0.2, 0) is 0 Å². The second-order valence-corrected chi connectivity index (χ2v) is 7.63. The SMILES string of the molecule is Cl.Cl.Cl.Cl.NCCCCN(CCCN)CCCCNc1c2ccccc2nc2ccccc12. The summed E-state index contributed by atoms with van der Waals surface area (Å²) in [5.74, 6) is 0. The van der Waals surface area contributed by atoms with Gasteiger partial charge >= 0.3 is 0 Å². The van der Waals surface area contributed by atoms with Gasteiger partial charge in [0, 0.05) is 17.3 Å². The van der Waals surface area contributed by atoms with Gasteiger partial charge in [-0.15, -0.1) is 49.6 Å². The van der Waals surface area contributed by atoms with Crippen LogP contribution < -0.4 is 16.8 Å². The molecule has 0 fully saturated rings. The number of hydrogen-bond acceptors (Lipinski definition) is 5. The number of halogens is 4. The van der Waals surface area contributed by atoms with Gasteiger partial charge in [-0.25, -0.2) is 4.98 Å². The Morgan fingerprint density at radius 3 is 1.67 bits per heavy atom. The number of rotatable bonds is 13. The molecular formula is C24H39Cl4N5. The molecule has 0 atom stereocenters. The zero-order valence-corrected chi connectivity index (χ0v) is 22.3. The maximum atomic E-state index is 5.70. The van der Waals surface area contributed by atoms with Gasteiger partial charge in [0.25, 0.3) is 0 Å². The lowest BCUT2D eigenvalue weighted by Crippen LogP contribution is -2.29. The minimum absolute atomic E-state index is 0. The summed E-state index contributed by atoms with van der Waals surface area (Å²) in [6.45, 7) is 5.85. The second-order valence-electron chi connectivity index (χ2n) is 7.63. The predicted octanol–water partition coefficient (Wildman–Crippen LogP) is 5.66. The quantitative estimate of drug-likeness (QED) is 0.193. The Morgan fingerprint density at radius 1 is 0.636 bits per heavy atom. The molecule has 2 aromatic carbocycles. The van der Waals surface area contributed by atoms with Gasteiger partial charge in [0.2, 0.25) is 0 Å². The molecule has 3 aromatic rings. The summed E-state index contributed by atoms with van der Waals surface area (Å²) in [5, 5.41) is 6.09. The molecule has 0 aliphatic rings. The third-order valence-corrected chi connectivity index (χ3v) is 5.40. The van der Waals surface area contributed by atoms with Crippen molar-refractivity contribution in [1.82, 2.24) is 9.88 Å². The first-order chi connectivity index (χ1) is 14.3. The lowest BCUT2D eigenvalue weighted by molar-refractivity contribution is 0.262. The summed E-state index contributed by atoms with van der Waals surface area (Å²) in [6, 6.07) is 16.8. The van der Waals surface area contributed by atoms with E-state index in [0.717, 1.165) is 69.6 Å². The average molecular weight is 539 g/mol. The fourth-order valence-corrected chi connectivity index (χ4v) is 3.83. The molecule has 0 radical (unpaired) electrons. The largest absolute Gasteiger partial charge is 0.384 e. The smallest absolute Gasteiger partial charge is 0.0730 e. The van der Waals surface area contributed by atoms with Gasteiger partial charge in [-0.2, -0.15) is 0 Å². The third kappa shape index (κ3) is 10.4. The van der Waals surface area contributed by atoms with E-state index in [1.54, 1.807) is 0 Å². The van der Waals surface area contributed by atoms with Gasteiger partial charge in [0.05, 0.1) is 16.7 Å². The zero-order chi connectivity index (χ0) is 20.3. The van der Waals surface area contributed by atoms with Crippen LogP contribution >= 0.6 is 49.6 Å². The predicted molar refractivity (Wildman–Crippen MR) is 154 cm³/mol. The Labute approximate surface area is 223 Å². The highest BCUT2D eigenvalue weighted by molar-refractivity contribution is 6.07. The molecule has 0 unspecified atom stereocenters. The first kappa shape index (κ1) is 34.1. The summed E-state index contributed by atoms with van der Waals surface area (Å²) < 4.78 is 0. The lowest BCUT2D eigenvalue weighted by Gasteiger charge is -2.22. The summed E-state index contributed by atoms with van der Waals surface area (Å²) in [6.07, 6.45) is 5.66. The van der Waals surface area contributed by atoms with Crippen molar-refractivity contribution < 1.29 is 0 Å². The summed E-state index contributed by atoms with van der Waals surface area (Å²) in [5.41, 5.74) is 14.6. The fraction of sp³-hybridized carbons (Fsp3) is 0.458. The van der Waals surface area contributed by atoms with Gasteiger partial charge in [0.1, 0.15) is 0 Å². The van der Waals surface area contributed by atoms with E-state index in [0.29, 0.717) is 0 Å². The van der Waals surface area contributed by atoms with E-state index in [-0.39, 0.29) is 49.6 Å². The molecule has 0 aliphatic heterocycles. The van der Waals surface area contributed by atoms with Crippen LogP contribution in [-0.4, -0.2) is 49.2 Å². The van der Waals surface area contributed by atoms with Crippen LogP contribution in [0.3, 0.4) is 0 Å². The van der Waals surface area contributed by atoms with Crippen molar-refractivity contribution in [2.75, 3.05) is 44.6 Å². The van der Waals surface area contributed by atoms with E-state index in [9.17, 15) is 0 Å². The molecular weight excluding hydrogens is 500 g/mol. The van der Waals surface area contributed by atoms with Gasteiger partial charge in [-0.1, -0.05) is 36.4 Å². The van der Waals surface area contributed by atoms with E-state index in [4.69, 9.17) is 16.5 Å². The molecule has 5 N–H and O–H groups in total. The van der Waals surface area contributed by atoms with Gasteiger partial charge in [0.15, 0.2) is 0 Å². The fourth-order valence-electron chi connectivity index (χ4n) is 3.83. The standard InChI is InChI=1S/C24H35N5.4ClH/c25-14-5-7-17-29(19-9-15-26)18-8-6-16-27-24-20-10-1-3-12-22(20)28-23-13-4-2-11-21(23)24;;;;/h1-4,10-13H,5-9,14-19,25-26H2,(H,27,28);4*1H. The number of hydrogen-bond donors (Lipinski definition) is 3. The van der Waals surface area contributed by atoms with Crippen molar-refractivity contribution in [2.24, 2.45) is 11.5 Å². The van der Waals surface area contributed by atoms with Crippen LogP contribution in [0.15, 0.2) is 48.5 Å². The topological polar surface area (TPSA) is 80.2 Å². The highest BCUT2D eigenvalue weighted by atomic mass is 35.5. The number of nitrogens with zero attached hydrogens (tertiary/aromatic N) is 2. The van der Waals surface area contributed by atoms with E-state index in [2.05, 4.69) is 58.7 Å². The van der Waals surface area contributed by atoms with Crippen LogP contribution in [0.2, 0.25) is 0 Å². The molecule has 3 rings (SSSR count). The number of anilines is 1. The monoisotopic (exact) mass is 537 g/mol. The molecule has 9 heteroatoms. The van der Waals surface area contributed by atoms with Crippen molar-refractivity contribution in [1.29, 1.82) is 0 Å². The van der Waals surface area contributed by atoms with Gasteiger partial charge in [-0.3, -0.25) is 0 Å². The Morgan fingerprint density at radius 2 is 1.12 bits per heavy atom. The molecule has 1 heterocycles. The lowest BCUT2D eigenvalue weighted by atomic mass is 10.1. The van der Waals surface area contributed by atoms with Gasteiger partial charge in [-0.05, 0) is 77.0 Å². The molecule has 0 spiro atoms. The summed E-state index contributed by atoms with van der Waals surface area (Å²) in [4.78, 5) is 7.35. The number of pyridine rings is 1. The normalized spacial score (nSPS) is 10.2. The molecule has 0 amide bonds. The van der Waals surface area contributed by atoms with Crippen LogP contribution in [0.5, 0.6) is 0 Å². The number of para-hydroxylation sites is 2. The van der Waals surface area contributed by atoms with E-state index in [1.165, 1.54) is 29.3 Å². The Kier molecular flexibility index (Phi) is 19.9. The molecule has 0 bridgehead atoms. The van der Waals surface area contributed by atoms with E-state index >= 15 is 0 Å². The molecule has 0 saturated carbocycles. The van der Waals surface area contributed by atoms with Crippen molar-refractivity contribution in [3.63, 3.8) is 0 Å². The van der Waals surface area contributed by atoms with Crippen LogP contribution in [0.25, 0.3) is 21.8 Å². The van der Waals surface area contributed by atoms with Crippen molar-refractivity contribution >= 4 is 77.1 Å². The van der Waals surface area contributed by atoms with Crippen molar-refractivity contribution in [2.45, 2.75) is 32.1 Å². The number of nitrogens with two attached hydrogens (primary N) is 2. The number of benzene rings is 2. The maximum Gasteiger partial charge on any atom is 0.0730 e. The first-order valence-corrected chi connectivity index (χ1v) is 11.0. The molecule has 188 valence electrons. The minimum atomic E-state index is 0. The van der Waals surface area contributed by atoms with Crippen LogP contribution in [0, 0.1) is 0 Å². The summed E-state index contributed by atoms with van der Waals surface area (Å²) in [7, 11) is 0.